The largest absolute Gasteiger partial charge is 0.330 e. The van der Waals surface area contributed by atoms with Gasteiger partial charge in [0.2, 0.25) is 0 Å². The monoisotopic (exact) mass is 260 g/mol. The lowest BCUT2D eigenvalue weighted by molar-refractivity contribution is 0.0278. The molecule has 0 heterocycles. The van der Waals surface area contributed by atoms with Crippen LogP contribution < -0.4 is 5.73 Å². The van der Waals surface area contributed by atoms with E-state index in [1.165, 1.54) is 41.5 Å². The van der Waals surface area contributed by atoms with Crippen molar-refractivity contribution >= 4 is 0 Å². The highest BCUT2D eigenvalue weighted by molar-refractivity contribution is 5.41. The van der Waals surface area contributed by atoms with E-state index in [1.54, 1.807) is 0 Å². The SMILES string of the molecule is Cc1ccc(C(N(C)C)C2(CN)CCC2)c(C)c1C. The summed E-state index contributed by atoms with van der Waals surface area (Å²) in [5, 5.41) is 0. The van der Waals surface area contributed by atoms with Crippen molar-refractivity contribution in [1.82, 2.24) is 4.90 Å². The number of hydrogen-bond donors (Lipinski definition) is 1. The summed E-state index contributed by atoms with van der Waals surface area (Å²) in [6.45, 7) is 7.48. The molecule has 0 amide bonds. The predicted octanol–water partition coefficient (Wildman–Crippen LogP) is 3.34. The molecule has 0 aliphatic heterocycles. The summed E-state index contributed by atoms with van der Waals surface area (Å²) in [5.41, 5.74) is 12.1. The van der Waals surface area contributed by atoms with Gasteiger partial charge in [-0.15, -0.1) is 0 Å². The summed E-state index contributed by atoms with van der Waals surface area (Å²) in [5.74, 6) is 0. The summed E-state index contributed by atoms with van der Waals surface area (Å²) in [4.78, 5) is 2.36. The molecule has 0 aromatic heterocycles. The summed E-state index contributed by atoms with van der Waals surface area (Å²) in [7, 11) is 4.38. The molecule has 1 aromatic rings. The zero-order chi connectivity index (χ0) is 14.2. The Labute approximate surface area is 118 Å². The molecule has 1 aromatic carbocycles. The Bertz CT molecular complexity index is 453. The van der Waals surface area contributed by atoms with Crippen molar-refractivity contribution < 1.29 is 0 Å². The zero-order valence-corrected chi connectivity index (χ0v) is 13.1. The summed E-state index contributed by atoms with van der Waals surface area (Å²) >= 11 is 0. The predicted molar refractivity (Wildman–Crippen MR) is 82.4 cm³/mol. The third-order valence-electron chi connectivity index (χ3n) is 5.25. The van der Waals surface area contributed by atoms with E-state index in [1.807, 2.05) is 0 Å². The first kappa shape index (κ1) is 14.5. The fraction of sp³-hybridized carbons (Fsp3) is 0.647. The molecule has 1 aliphatic rings. The number of hydrogen-bond acceptors (Lipinski definition) is 2. The lowest BCUT2D eigenvalue weighted by Crippen LogP contribution is -2.47. The Balaban J connectivity index is 2.49. The first-order valence-corrected chi connectivity index (χ1v) is 7.36. The molecule has 1 atom stereocenters. The van der Waals surface area contributed by atoms with Crippen LogP contribution >= 0.6 is 0 Å². The van der Waals surface area contributed by atoms with Gasteiger partial charge in [-0.3, -0.25) is 0 Å². The molecule has 106 valence electrons. The highest BCUT2D eigenvalue weighted by Crippen LogP contribution is 2.52. The molecule has 2 N–H and O–H groups in total. The minimum atomic E-state index is 0.288. The van der Waals surface area contributed by atoms with Gasteiger partial charge in [-0.2, -0.15) is 0 Å². The van der Waals surface area contributed by atoms with Gasteiger partial charge in [-0.05, 0) is 76.5 Å². The van der Waals surface area contributed by atoms with Gasteiger partial charge in [-0.25, -0.2) is 0 Å². The van der Waals surface area contributed by atoms with Crippen LogP contribution in [0.5, 0.6) is 0 Å². The lowest BCUT2D eigenvalue weighted by Gasteiger charge is -2.50. The van der Waals surface area contributed by atoms with E-state index < -0.39 is 0 Å². The lowest BCUT2D eigenvalue weighted by atomic mass is 9.61. The molecule has 0 radical (unpaired) electrons. The normalized spacial score (nSPS) is 19.3. The van der Waals surface area contributed by atoms with Crippen LogP contribution in [0.15, 0.2) is 12.1 Å². The van der Waals surface area contributed by atoms with Gasteiger partial charge in [0.05, 0.1) is 0 Å². The van der Waals surface area contributed by atoms with Crippen molar-refractivity contribution in [2.75, 3.05) is 20.6 Å². The number of nitrogens with two attached hydrogens (primary N) is 1. The average Bonchev–Trinajstić information content (AvgIpc) is 2.32. The molecule has 0 saturated heterocycles. The van der Waals surface area contributed by atoms with Crippen molar-refractivity contribution in [3.8, 4) is 0 Å². The van der Waals surface area contributed by atoms with Crippen molar-refractivity contribution in [2.24, 2.45) is 11.1 Å². The van der Waals surface area contributed by atoms with Gasteiger partial charge < -0.3 is 10.6 Å². The van der Waals surface area contributed by atoms with Gasteiger partial charge in [0.15, 0.2) is 0 Å². The molecular formula is C17H28N2. The number of rotatable bonds is 4. The van der Waals surface area contributed by atoms with Crippen LogP contribution in [0.3, 0.4) is 0 Å². The number of nitrogens with zero attached hydrogens (tertiary/aromatic N) is 1. The Morgan fingerprint density at radius 3 is 2.21 bits per heavy atom. The Kier molecular flexibility index (Phi) is 4.03. The number of benzene rings is 1. The molecule has 1 unspecified atom stereocenters. The van der Waals surface area contributed by atoms with E-state index in [4.69, 9.17) is 5.73 Å². The quantitative estimate of drug-likeness (QED) is 0.899. The second kappa shape index (κ2) is 5.26. The molecule has 0 bridgehead atoms. The van der Waals surface area contributed by atoms with Crippen molar-refractivity contribution in [2.45, 2.75) is 46.1 Å². The Morgan fingerprint density at radius 1 is 1.16 bits per heavy atom. The highest BCUT2D eigenvalue weighted by atomic mass is 15.1. The summed E-state index contributed by atoms with van der Waals surface area (Å²) in [6.07, 6.45) is 3.85. The van der Waals surface area contributed by atoms with Crippen LogP contribution in [0.1, 0.15) is 47.6 Å². The molecule has 1 saturated carbocycles. The van der Waals surface area contributed by atoms with Crippen molar-refractivity contribution in [3.05, 3.63) is 34.4 Å². The standard InChI is InChI=1S/C17H28N2/c1-12-7-8-15(14(3)13(12)2)16(19(4)5)17(11-18)9-6-10-17/h7-8,16H,6,9-11,18H2,1-5H3. The van der Waals surface area contributed by atoms with Crippen LogP contribution in [0.4, 0.5) is 0 Å². The van der Waals surface area contributed by atoms with E-state index in [2.05, 4.69) is 51.9 Å². The fourth-order valence-electron chi connectivity index (χ4n) is 3.65. The second-order valence-electron chi connectivity index (χ2n) is 6.51. The molecule has 2 rings (SSSR count). The highest BCUT2D eigenvalue weighted by Gasteiger charge is 2.45. The summed E-state index contributed by atoms with van der Waals surface area (Å²) in [6, 6.07) is 5.03. The Morgan fingerprint density at radius 2 is 1.79 bits per heavy atom. The van der Waals surface area contributed by atoms with Crippen LogP contribution in [0.2, 0.25) is 0 Å². The minimum absolute atomic E-state index is 0.288. The maximum atomic E-state index is 6.14. The first-order chi connectivity index (χ1) is 8.93. The fourth-order valence-corrected chi connectivity index (χ4v) is 3.65. The number of aryl methyl sites for hydroxylation is 1. The Hall–Kier alpha value is -0.860. The average molecular weight is 260 g/mol. The zero-order valence-electron chi connectivity index (χ0n) is 13.1. The summed E-state index contributed by atoms with van der Waals surface area (Å²) < 4.78 is 0. The topological polar surface area (TPSA) is 29.3 Å². The van der Waals surface area contributed by atoms with Gasteiger partial charge in [0.1, 0.15) is 0 Å². The smallest absolute Gasteiger partial charge is 0.0413 e. The molecule has 19 heavy (non-hydrogen) atoms. The van der Waals surface area contributed by atoms with Gasteiger partial charge in [0, 0.05) is 11.5 Å². The molecular weight excluding hydrogens is 232 g/mol. The van der Waals surface area contributed by atoms with Crippen molar-refractivity contribution in [1.29, 1.82) is 0 Å². The molecule has 0 spiro atoms. The molecule has 1 aliphatic carbocycles. The first-order valence-electron chi connectivity index (χ1n) is 7.36. The van der Waals surface area contributed by atoms with Gasteiger partial charge in [-0.1, -0.05) is 18.6 Å². The van der Waals surface area contributed by atoms with E-state index in [0.29, 0.717) is 6.04 Å². The van der Waals surface area contributed by atoms with E-state index >= 15 is 0 Å². The van der Waals surface area contributed by atoms with E-state index in [9.17, 15) is 0 Å². The molecule has 1 fully saturated rings. The van der Waals surface area contributed by atoms with Crippen LogP contribution in [0.25, 0.3) is 0 Å². The second-order valence-corrected chi connectivity index (χ2v) is 6.51. The van der Waals surface area contributed by atoms with Gasteiger partial charge >= 0.3 is 0 Å². The van der Waals surface area contributed by atoms with Crippen molar-refractivity contribution in [3.63, 3.8) is 0 Å². The maximum Gasteiger partial charge on any atom is 0.0413 e. The minimum Gasteiger partial charge on any atom is -0.330 e. The third-order valence-corrected chi connectivity index (χ3v) is 5.25. The van der Waals surface area contributed by atoms with E-state index in [-0.39, 0.29) is 5.41 Å². The third kappa shape index (κ3) is 2.32. The molecule has 2 nitrogen and oxygen atoms in total. The maximum absolute atomic E-state index is 6.14. The molecule has 2 heteroatoms. The van der Waals surface area contributed by atoms with Crippen LogP contribution in [0, 0.1) is 26.2 Å². The van der Waals surface area contributed by atoms with Crippen LogP contribution in [-0.4, -0.2) is 25.5 Å². The van der Waals surface area contributed by atoms with Gasteiger partial charge in [0.25, 0.3) is 0 Å². The van der Waals surface area contributed by atoms with Crippen LogP contribution in [-0.2, 0) is 0 Å². The van der Waals surface area contributed by atoms with E-state index in [0.717, 1.165) is 6.54 Å².